The largest absolute Gasteiger partial charge is 0.312 e. The number of hydrogen-bond donors (Lipinski definition) is 0. The van der Waals surface area contributed by atoms with E-state index < -0.39 is 0 Å². The maximum absolute atomic E-state index is 12.8. The topological polar surface area (TPSA) is 46.1 Å². The molecule has 6 heteroatoms. The van der Waals surface area contributed by atoms with E-state index in [1.54, 1.807) is 17.7 Å². The van der Waals surface area contributed by atoms with Crippen molar-refractivity contribution in [3.05, 3.63) is 47.1 Å². The third-order valence-corrected chi connectivity index (χ3v) is 6.91. The molecule has 2 aromatic heterocycles. The van der Waals surface area contributed by atoms with Crippen LogP contribution in [0.3, 0.4) is 0 Å². The highest BCUT2D eigenvalue weighted by atomic mass is 32.2. The molecule has 0 radical (unpaired) electrons. The zero-order valence-electron chi connectivity index (χ0n) is 14.8. The molecule has 0 unspecified atom stereocenters. The number of carbonyl (C=O) groups excluding carboxylic acids is 1. The second-order valence-electron chi connectivity index (χ2n) is 6.33. The summed E-state index contributed by atoms with van der Waals surface area (Å²) >= 11 is 3.33. The van der Waals surface area contributed by atoms with Gasteiger partial charge in [0.2, 0.25) is 5.91 Å². The fraction of sp³-hybridized carbons (Fsp3) is 0.350. The summed E-state index contributed by atoms with van der Waals surface area (Å²) in [6, 6.07) is 9.84. The Morgan fingerprint density at radius 3 is 2.81 bits per heavy atom. The van der Waals surface area contributed by atoms with E-state index in [9.17, 15) is 4.79 Å². The van der Waals surface area contributed by atoms with Gasteiger partial charge in [0.05, 0.1) is 5.75 Å². The van der Waals surface area contributed by atoms with Crippen LogP contribution in [-0.4, -0.2) is 28.2 Å². The first-order valence-corrected chi connectivity index (χ1v) is 10.8. The summed E-state index contributed by atoms with van der Waals surface area (Å²) in [6.45, 7) is 2.67. The molecule has 2 heterocycles. The van der Waals surface area contributed by atoms with Crippen molar-refractivity contribution in [1.29, 1.82) is 0 Å². The van der Waals surface area contributed by atoms with E-state index in [1.165, 1.54) is 40.4 Å². The van der Waals surface area contributed by atoms with Crippen LogP contribution in [0.1, 0.15) is 30.2 Å². The molecule has 0 saturated heterocycles. The molecule has 0 bridgehead atoms. The second kappa shape index (κ2) is 7.76. The van der Waals surface area contributed by atoms with Gasteiger partial charge in [-0.3, -0.25) is 4.79 Å². The van der Waals surface area contributed by atoms with Crippen LogP contribution < -0.4 is 4.90 Å². The average Bonchev–Trinajstić information content (AvgIpc) is 3.07. The van der Waals surface area contributed by atoms with Gasteiger partial charge in [-0.2, -0.15) is 0 Å². The Hall–Kier alpha value is -1.92. The Labute approximate surface area is 161 Å². The van der Waals surface area contributed by atoms with Crippen molar-refractivity contribution < 1.29 is 4.79 Å². The van der Waals surface area contributed by atoms with E-state index in [4.69, 9.17) is 0 Å². The van der Waals surface area contributed by atoms with Crippen LogP contribution in [-0.2, 0) is 17.6 Å². The highest BCUT2D eigenvalue weighted by Crippen LogP contribution is 2.39. The molecule has 0 spiro atoms. The van der Waals surface area contributed by atoms with Crippen molar-refractivity contribution in [2.75, 3.05) is 17.2 Å². The minimum absolute atomic E-state index is 0.111. The molecule has 3 aromatic rings. The molecule has 0 atom stereocenters. The van der Waals surface area contributed by atoms with E-state index in [1.807, 2.05) is 42.2 Å². The van der Waals surface area contributed by atoms with E-state index in [-0.39, 0.29) is 5.91 Å². The van der Waals surface area contributed by atoms with Crippen LogP contribution in [0.4, 0.5) is 5.69 Å². The lowest BCUT2D eigenvalue weighted by atomic mass is 9.97. The number of thiophene rings is 1. The number of hydrogen-bond acceptors (Lipinski definition) is 5. The van der Waals surface area contributed by atoms with Crippen molar-refractivity contribution in [1.82, 2.24) is 9.97 Å². The van der Waals surface area contributed by atoms with Gasteiger partial charge in [-0.15, -0.1) is 11.3 Å². The first kappa shape index (κ1) is 17.5. The van der Waals surface area contributed by atoms with Crippen molar-refractivity contribution in [2.45, 2.75) is 37.6 Å². The van der Waals surface area contributed by atoms with Gasteiger partial charge in [0.25, 0.3) is 0 Å². The van der Waals surface area contributed by atoms with Gasteiger partial charge >= 0.3 is 0 Å². The summed E-state index contributed by atoms with van der Waals surface area (Å²) in [4.78, 5) is 26.1. The van der Waals surface area contributed by atoms with Gasteiger partial charge in [0, 0.05) is 22.5 Å². The SMILES string of the molecule is CCN(C(=O)CSc1ncnc2sc3c(c12)CCCC3)c1ccccc1. The number of carbonyl (C=O) groups is 1. The molecule has 1 amide bonds. The van der Waals surface area contributed by atoms with Gasteiger partial charge in [0.1, 0.15) is 16.2 Å². The Balaban J connectivity index is 1.56. The number of anilines is 1. The summed E-state index contributed by atoms with van der Waals surface area (Å²) in [5.74, 6) is 0.499. The maximum atomic E-state index is 12.8. The Kier molecular flexibility index (Phi) is 5.22. The number of nitrogens with zero attached hydrogens (tertiary/aromatic N) is 3. The number of para-hydroxylation sites is 1. The van der Waals surface area contributed by atoms with Gasteiger partial charge in [0.15, 0.2) is 0 Å². The summed E-state index contributed by atoms with van der Waals surface area (Å²) in [5, 5.41) is 2.14. The quantitative estimate of drug-likeness (QED) is 0.473. The number of aryl methyl sites for hydroxylation is 2. The average molecular weight is 384 g/mol. The molecule has 0 aliphatic heterocycles. The number of fused-ring (bicyclic) bond motifs is 3. The van der Waals surface area contributed by atoms with Gasteiger partial charge < -0.3 is 4.90 Å². The third kappa shape index (κ3) is 3.35. The van der Waals surface area contributed by atoms with Gasteiger partial charge in [-0.25, -0.2) is 9.97 Å². The van der Waals surface area contributed by atoms with Gasteiger partial charge in [-0.1, -0.05) is 30.0 Å². The number of thioether (sulfide) groups is 1. The van der Waals surface area contributed by atoms with Crippen molar-refractivity contribution in [3.63, 3.8) is 0 Å². The zero-order chi connectivity index (χ0) is 17.9. The Morgan fingerprint density at radius 2 is 2.00 bits per heavy atom. The molecule has 1 aliphatic rings. The van der Waals surface area contributed by atoms with E-state index >= 15 is 0 Å². The molecular formula is C20H21N3OS2. The first-order chi connectivity index (χ1) is 12.8. The van der Waals surface area contributed by atoms with Crippen LogP contribution >= 0.6 is 23.1 Å². The molecule has 1 aliphatic carbocycles. The number of aromatic nitrogens is 2. The molecule has 0 fully saturated rings. The molecular weight excluding hydrogens is 362 g/mol. The summed E-state index contributed by atoms with van der Waals surface area (Å²) in [6.07, 6.45) is 6.38. The second-order valence-corrected chi connectivity index (χ2v) is 8.38. The van der Waals surface area contributed by atoms with Crippen LogP contribution in [0.5, 0.6) is 0 Å². The minimum atomic E-state index is 0.111. The fourth-order valence-electron chi connectivity index (χ4n) is 3.49. The molecule has 26 heavy (non-hydrogen) atoms. The van der Waals surface area contributed by atoms with E-state index in [0.717, 1.165) is 28.4 Å². The predicted molar refractivity (Wildman–Crippen MR) is 109 cm³/mol. The normalized spacial score (nSPS) is 13.6. The highest BCUT2D eigenvalue weighted by molar-refractivity contribution is 8.00. The lowest BCUT2D eigenvalue weighted by molar-refractivity contribution is -0.116. The Bertz CT molecular complexity index is 923. The van der Waals surface area contributed by atoms with Crippen LogP contribution in [0.15, 0.2) is 41.7 Å². The number of benzene rings is 1. The third-order valence-electron chi connectivity index (χ3n) is 4.73. The molecule has 0 saturated carbocycles. The maximum Gasteiger partial charge on any atom is 0.237 e. The predicted octanol–water partition coefficient (Wildman–Crippen LogP) is 4.72. The van der Waals surface area contributed by atoms with Crippen molar-refractivity contribution >= 4 is 44.9 Å². The van der Waals surface area contributed by atoms with Crippen LogP contribution in [0.2, 0.25) is 0 Å². The lowest BCUT2D eigenvalue weighted by Gasteiger charge is -2.20. The molecule has 4 rings (SSSR count). The zero-order valence-corrected chi connectivity index (χ0v) is 16.4. The molecule has 1 aromatic carbocycles. The Morgan fingerprint density at radius 1 is 1.19 bits per heavy atom. The monoisotopic (exact) mass is 383 g/mol. The summed E-state index contributed by atoms with van der Waals surface area (Å²) < 4.78 is 0. The van der Waals surface area contributed by atoms with E-state index in [2.05, 4.69) is 9.97 Å². The van der Waals surface area contributed by atoms with Gasteiger partial charge in [-0.05, 0) is 50.3 Å². The summed E-state index contributed by atoms with van der Waals surface area (Å²) in [7, 11) is 0. The number of amides is 1. The van der Waals surface area contributed by atoms with Crippen molar-refractivity contribution in [3.8, 4) is 0 Å². The van der Waals surface area contributed by atoms with Crippen LogP contribution in [0.25, 0.3) is 10.2 Å². The van der Waals surface area contributed by atoms with Crippen molar-refractivity contribution in [2.24, 2.45) is 0 Å². The lowest BCUT2D eigenvalue weighted by Crippen LogP contribution is -2.32. The first-order valence-electron chi connectivity index (χ1n) is 9.01. The molecule has 4 nitrogen and oxygen atoms in total. The van der Waals surface area contributed by atoms with E-state index in [0.29, 0.717) is 12.3 Å². The standard InChI is InChI=1S/C20H21N3OS2/c1-2-23(14-8-4-3-5-9-14)17(24)12-25-19-18-15-10-6-7-11-16(15)26-20(18)22-13-21-19/h3-5,8-9,13H,2,6-7,10-12H2,1H3. The smallest absolute Gasteiger partial charge is 0.237 e. The highest BCUT2D eigenvalue weighted by Gasteiger charge is 2.21. The number of rotatable bonds is 5. The minimum Gasteiger partial charge on any atom is -0.312 e. The molecule has 134 valence electrons. The fourth-order valence-corrected chi connectivity index (χ4v) is 5.68. The summed E-state index contributed by atoms with van der Waals surface area (Å²) in [5.41, 5.74) is 2.36. The molecule has 0 N–H and O–H groups in total. The van der Waals surface area contributed by atoms with Crippen LogP contribution in [0, 0.1) is 0 Å².